The summed E-state index contributed by atoms with van der Waals surface area (Å²) in [7, 11) is 0. The van der Waals surface area contributed by atoms with Crippen molar-refractivity contribution in [3.63, 3.8) is 0 Å². The van der Waals surface area contributed by atoms with Gasteiger partial charge in [-0.05, 0) is 43.5 Å². The maximum Gasteiger partial charge on any atom is 0.251 e. The Morgan fingerprint density at radius 1 is 1.31 bits per heavy atom. The molecular formula is C13H19NO2. The Morgan fingerprint density at radius 3 is 2.44 bits per heavy atom. The van der Waals surface area contributed by atoms with Crippen LogP contribution in [0.25, 0.3) is 0 Å². The van der Waals surface area contributed by atoms with Crippen LogP contribution in [0.5, 0.6) is 5.75 Å². The van der Waals surface area contributed by atoms with Crippen LogP contribution in [-0.4, -0.2) is 17.1 Å². The predicted molar refractivity (Wildman–Crippen MR) is 64.6 cm³/mol. The average Bonchev–Trinajstić information content (AvgIpc) is 2.16. The van der Waals surface area contributed by atoms with Gasteiger partial charge in [-0.25, -0.2) is 0 Å². The van der Waals surface area contributed by atoms with Crippen molar-refractivity contribution in [2.75, 3.05) is 0 Å². The summed E-state index contributed by atoms with van der Waals surface area (Å²) in [5.41, 5.74) is 1.40. The Hall–Kier alpha value is -1.51. The standard InChI is InChI=1S/C13H19NO2/c1-8(2)10(4)14-13(16)12-6-5-11(15)7-9(12)3/h5-8,10,15H,1-4H3,(H,14,16). The first-order chi connectivity index (χ1) is 7.41. The van der Waals surface area contributed by atoms with E-state index in [9.17, 15) is 9.90 Å². The van der Waals surface area contributed by atoms with Crippen LogP contribution in [0, 0.1) is 12.8 Å². The fraction of sp³-hybridized carbons (Fsp3) is 0.462. The molecule has 1 unspecified atom stereocenters. The highest BCUT2D eigenvalue weighted by molar-refractivity contribution is 5.95. The molecule has 0 bridgehead atoms. The zero-order chi connectivity index (χ0) is 12.3. The van der Waals surface area contributed by atoms with Gasteiger partial charge in [0.25, 0.3) is 5.91 Å². The first-order valence-corrected chi connectivity index (χ1v) is 5.52. The largest absolute Gasteiger partial charge is 0.508 e. The third-order valence-corrected chi connectivity index (χ3v) is 2.81. The van der Waals surface area contributed by atoms with E-state index in [1.165, 1.54) is 6.07 Å². The molecule has 0 aliphatic carbocycles. The molecule has 1 aromatic carbocycles. The second kappa shape index (κ2) is 5.01. The topological polar surface area (TPSA) is 49.3 Å². The molecule has 1 atom stereocenters. The minimum atomic E-state index is -0.0845. The lowest BCUT2D eigenvalue weighted by Gasteiger charge is -2.18. The molecule has 1 aromatic rings. The molecule has 0 radical (unpaired) electrons. The van der Waals surface area contributed by atoms with Gasteiger partial charge in [0.05, 0.1) is 0 Å². The summed E-state index contributed by atoms with van der Waals surface area (Å²) in [5, 5.41) is 12.2. The van der Waals surface area contributed by atoms with Gasteiger partial charge < -0.3 is 10.4 Å². The molecule has 0 aromatic heterocycles. The third-order valence-electron chi connectivity index (χ3n) is 2.81. The van der Waals surface area contributed by atoms with Crippen molar-refractivity contribution in [2.24, 2.45) is 5.92 Å². The first kappa shape index (κ1) is 12.6. The lowest BCUT2D eigenvalue weighted by atomic mass is 10.0. The molecule has 3 nitrogen and oxygen atoms in total. The van der Waals surface area contributed by atoms with Crippen LogP contribution >= 0.6 is 0 Å². The molecule has 2 N–H and O–H groups in total. The molecule has 0 saturated carbocycles. The van der Waals surface area contributed by atoms with Crippen molar-refractivity contribution in [3.05, 3.63) is 29.3 Å². The Balaban J connectivity index is 2.81. The highest BCUT2D eigenvalue weighted by Crippen LogP contribution is 2.16. The molecular weight excluding hydrogens is 202 g/mol. The van der Waals surface area contributed by atoms with Gasteiger partial charge >= 0.3 is 0 Å². The molecule has 0 fully saturated rings. The number of hydrogen-bond donors (Lipinski definition) is 2. The molecule has 16 heavy (non-hydrogen) atoms. The smallest absolute Gasteiger partial charge is 0.251 e. The number of rotatable bonds is 3. The number of carbonyl (C=O) groups excluding carboxylic acids is 1. The molecule has 88 valence electrons. The summed E-state index contributed by atoms with van der Waals surface area (Å²) in [6.45, 7) is 7.93. The maximum absolute atomic E-state index is 11.9. The van der Waals surface area contributed by atoms with Crippen LogP contribution in [0.3, 0.4) is 0 Å². The van der Waals surface area contributed by atoms with Crippen molar-refractivity contribution in [1.29, 1.82) is 0 Å². The zero-order valence-electron chi connectivity index (χ0n) is 10.2. The number of hydrogen-bond acceptors (Lipinski definition) is 2. The number of phenols is 1. The van der Waals surface area contributed by atoms with Gasteiger partial charge in [0.15, 0.2) is 0 Å². The number of aryl methyl sites for hydroxylation is 1. The summed E-state index contributed by atoms with van der Waals surface area (Å²) < 4.78 is 0. The van der Waals surface area contributed by atoms with Gasteiger partial charge in [-0.2, -0.15) is 0 Å². The number of nitrogens with one attached hydrogen (secondary N) is 1. The fourth-order valence-electron chi connectivity index (χ4n) is 1.35. The number of carbonyl (C=O) groups is 1. The third kappa shape index (κ3) is 2.99. The molecule has 0 heterocycles. The van der Waals surface area contributed by atoms with E-state index in [-0.39, 0.29) is 17.7 Å². The van der Waals surface area contributed by atoms with Crippen molar-refractivity contribution in [1.82, 2.24) is 5.32 Å². The maximum atomic E-state index is 11.9. The first-order valence-electron chi connectivity index (χ1n) is 5.52. The Labute approximate surface area is 96.5 Å². The van der Waals surface area contributed by atoms with Gasteiger partial charge in [-0.3, -0.25) is 4.79 Å². The van der Waals surface area contributed by atoms with E-state index in [1.807, 2.05) is 13.8 Å². The molecule has 0 spiro atoms. The fourth-order valence-corrected chi connectivity index (χ4v) is 1.35. The van der Waals surface area contributed by atoms with Gasteiger partial charge in [-0.15, -0.1) is 0 Å². The van der Waals surface area contributed by atoms with E-state index < -0.39 is 0 Å². The number of aromatic hydroxyl groups is 1. The number of phenolic OH excluding ortho intramolecular Hbond substituents is 1. The van der Waals surface area contributed by atoms with E-state index in [2.05, 4.69) is 19.2 Å². The molecule has 0 aliphatic rings. The normalized spacial score (nSPS) is 12.6. The monoisotopic (exact) mass is 221 g/mol. The second-order valence-electron chi connectivity index (χ2n) is 4.51. The predicted octanol–water partition coefficient (Wildman–Crippen LogP) is 2.47. The molecule has 1 amide bonds. The van der Waals surface area contributed by atoms with E-state index in [4.69, 9.17) is 0 Å². The van der Waals surface area contributed by atoms with Crippen molar-refractivity contribution in [3.8, 4) is 5.75 Å². The van der Waals surface area contributed by atoms with E-state index >= 15 is 0 Å². The zero-order valence-corrected chi connectivity index (χ0v) is 10.2. The van der Waals surface area contributed by atoms with Crippen LogP contribution < -0.4 is 5.32 Å². The van der Waals surface area contributed by atoms with Crippen LogP contribution in [0.15, 0.2) is 18.2 Å². The SMILES string of the molecule is Cc1cc(O)ccc1C(=O)NC(C)C(C)C. The van der Waals surface area contributed by atoms with E-state index in [0.29, 0.717) is 11.5 Å². The summed E-state index contributed by atoms with van der Waals surface area (Å²) in [4.78, 5) is 11.9. The highest BCUT2D eigenvalue weighted by atomic mass is 16.3. The van der Waals surface area contributed by atoms with Gasteiger partial charge in [-0.1, -0.05) is 13.8 Å². The van der Waals surface area contributed by atoms with Crippen LogP contribution in [0.4, 0.5) is 0 Å². The Morgan fingerprint density at radius 2 is 1.94 bits per heavy atom. The van der Waals surface area contributed by atoms with Gasteiger partial charge in [0.2, 0.25) is 0 Å². The molecule has 0 saturated heterocycles. The highest BCUT2D eigenvalue weighted by Gasteiger charge is 2.14. The van der Waals surface area contributed by atoms with Crippen molar-refractivity contribution >= 4 is 5.91 Å². The molecule has 1 rings (SSSR count). The van der Waals surface area contributed by atoms with Crippen LogP contribution in [0.2, 0.25) is 0 Å². The van der Waals surface area contributed by atoms with E-state index in [0.717, 1.165) is 5.56 Å². The quantitative estimate of drug-likeness (QED) is 0.823. The summed E-state index contributed by atoms with van der Waals surface area (Å²) >= 11 is 0. The minimum absolute atomic E-state index is 0.0845. The summed E-state index contributed by atoms with van der Waals surface area (Å²) in [6, 6.07) is 4.91. The van der Waals surface area contributed by atoms with Crippen LogP contribution in [-0.2, 0) is 0 Å². The molecule has 0 aliphatic heterocycles. The Kier molecular flexibility index (Phi) is 3.93. The summed E-state index contributed by atoms with van der Waals surface area (Å²) in [6.07, 6.45) is 0. The van der Waals surface area contributed by atoms with Crippen LogP contribution in [0.1, 0.15) is 36.7 Å². The Bertz CT molecular complexity index is 386. The van der Waals surface area contributed by atoms with Crippen molar-refractivity contribution in [2.45, 2.75) is 33.7 Å². The lowest BCUT2D eigenvalue weighted by Crippen LogP contribution is -2.36. The summed E-state index contributed by atoms with van der Waals surface area (Å²) in [5.74, 6) is 0.506. The lowest BCUT2D eigenvalue weighted by molar-refractivity contribution is 0.0930. The van der Waals surface area contributed by atoms with E-state index in [1.54, 1.807) is 12.1 Å². The second-order valence-corrected chi connectivity index (χ2v) is 4.51. The number of benzene rings is 1. The van der Waals surface area contributed by atoms with Gasteiger partial charge in [0, 0.05) is 11.6 Å². The minimum Gasteiger partial charge on any atom is -0.508 e. The van der Waals surface area contributed by atoms with Gasteiger partial charge in [0.1, 0.15) is 5.75 Å². The van der Waals surface area contributed by atoms with Crippen molar-refractivity contribution < 1.29 is 9.90 Å². The number of amides is 1. The molecule has 3 heteroatoms. The average molecular weight is 221 g/mol.